The number of rotatable bonds is 4. The summed E-state index contributed by atoms with van der Waals surface area (Å²) in [7, 11) is 0. The Morgan fingerprint density at radius 2 is 1.87 bits per heavy atom. The molecular weight excluding hydrogens is 296 g/mol. The van der Waals surface area contributed by atoms with E-state index in [0.29, 0.717) is 6.42 Å². The minimum absolute atomic E-state index is 0.0892. The van der Waals surface area contributed by atoms with Crippen molar-refractivity contribution in [1.29, 1.82) is 0 Å². The summed E-state index contributed by atoms with van der Waals surface area (Å²) in [6.07, 6.45) is 8.00. The van der Waals surface area contributed by atoms with Crippen LogP contribution in [0.1, 0.15) is 71.1 Å². The Morgan fingerprint density at radius 1 is 1.13 bits per heavy atom. The molecule has 0 aromatic rings. The lowest BCUT2D eigenvalue weighted by atomic mass is 9.99. The third kappa shape index (κ3) is 9.08. The molecule has 5 nitrogen and oxygen atoms in total. The normalized spacial score (nSPS) is 32.8. The summed E-state index contributed by atoms with van der Waals surface area (Å²) in [5.74, 6) is -0.477. The maximum atomic E-state index is 11.9. The van der Waals surface area contributed by atoms with E-state index >= 15 is 0 Å². The lowest BCUT2D eigenvalue weighted by Gasteiger charge is -2.20. The first-order valence-corrected chi connectivity index (χ1v) is 8.96. The number of aliphatic hydroxyl groups excluding tert-OH is 3. The third-order valence-corrected chi connectivity index (χ3v) is 4.31. The maximum Gasteiger partial charge on any atom is 0.330 e. The molecule has 0 saturated carbocycles. The van der Waals surface area contributed by atoms with E-state index in [2.05, 4.69) is 6.92 Å². The van der Waals surface area contributed by atoms with Gasteiger partial charge in [-0.3, -0.25) is 0 Å². The van der Waals surface area contributed by atoms with Gasteiger partial charge in [0.25, 0.3) is 0 Å². The van der Waals surface area contributed by atoms with Crippen molar-refractivity contribution in [3.05, 3.63) is 12.2 Å². The van der Waals surface area contributed by atoms with Crippen LogP contribution in [0.2, 0.25) is 0 Å². The van der Waals surface area contributed by atoms with E-state index in [1.165, 1.54) is 12.2 Å². The van der Waals surface area contributed by atoms with Crippen molar-refractivity contribution in [3.63, 3.8) is 0 Å². The Kier molecular flexibility index (Phi) is 10.2. The highest BCUT2D eigenvalue weighted by atomic mass is 16.5. The molecule has 0 amide bonds. The number of cyclic esters (lactones) is 1. The van der Waals surface area contributed by atoms with E-state index in [4.69, 9.17) is 4.74 Å². The Morgan fingerprint density at radius 3 is 2.61 bits per heavy atom. The smallest absolute Gasteiger partial charge is 0.330 e. The Bertz CT molecular complexity index is 355. The standard InChI is InChI=1S/C18H32O5/c1-2-3-5-9-15-10-7-4-6-8-14(19)13-17(21)16(20)11-12-18(22)23-15/h11-12,14-17,19-21H,2-10,13H2,1H3/b12-11+/t14-,15-,16-,17-/m0/s1. The van der Waals surface area contributed by atoms with Crippen LogP contribution in [-0.4, -0.2) is 45.7 Å². The topological polar surface area (TPSA) is 87.0 Å². The highest BCUT2D eigenvalue weighted by molar-refractivity contribution is 5.82. The monoisotopic (exact) mass is 328 g/mol. The van der Waals surface area contributed by atoms with Crippen LogP contribution in [0, 0.1) is 0 Å². The zero-order chi connectivity index (χ0) is 17.1. The molecule has 1 aliphatic rings. The number of hydrogen-bond donors (Lipinski definition) is 3. The molecule has 0 aromatic heterocycles. The molecule has 5 heteroatoms. The van der Waals surface area contributed by atoms with Crippen LogP contribution >= 0.6 is 0 Å². The van der Waals surface area contributed by atoms with Gasteiger partial charge in [0.15, 0.2) is 0 Å². The van der Waals surface area contributed by atoms with Crippen molar-refractivity contribution in [2.24, 2.45) is 0 Å². The van der Waals surface area contributed by atoms with E-state index in [9.17, 15) is 20.1 Å². The molecular formula is C18H32O5. The zero-order valence-electron chi connectivity index (χ0n) is 14.2. The zero-order valence-corrected chi connectivity index (χ0v) is 14.2. The highest BCUT2D eigenvalue weighted by Gasteiger charge is 2.19. The molecule has 0 unspecified atom stereocenters. The van der Waals surface area contributed by atoms with Crippen molar-refractivity contribution in [2.75, 3.05) is 0 Å². The van der Waals surface area contributed by atoms with Gasteiger partial charge in [-0.05, 0) is 38.2 Å². The van der Waals surface area contributed by atoms with Crippen LogP contribution in [0.5, 0.6) is 0 Å². The van der Waals surface area contributed by atoms with E-state index in [0.717, 1.165) is 51.4 Å². The molecule has 1 aliphatic heterocycles. The van der Waals surface area contributed by atoms with Crippen LogP contribution in [0.3, 0.4) is 0 Å². The van der Waals surface area contributed by atoms with E-state index in [-0.39, 0.29) is 12.5 Å². The number of unbranched alkanes of at least 4 members (excludes halogenated alkanes) is 2. The Labute approximate surface area is 139 Å². The third-order valence-electron chi connectivity index (χ3n) is 4.31. The number of carbonyl (C=O) groups is 1. The van der Waals surface area contributed by atoms with Gasteiger partial charge in [0, 0.05) is 12.5 Å². The minimum atomic E-state index is -1.17. The first-order chi connectivity index (χ1) is 11.0. The number of aliphatic hydroxyl groups is 3. The minimum Gasteiger partial charge on any atom is -0.459 e. The Hall–Kier alpha value is -0.910. The largest absolute Gasteiger partial charge is 0.459 e. The summed E-state index contributed by atoms with van der Waals surface area (Å²) < 4.78 is 5.48. The SMILES string of the molecule is CCCCC[C@H]1CCCCC[C@H](O)C[C@H](O)[C@@H](O)/C=C/C(=O)O1. The second-order valence-electron chi connectivity index (χ2n) is 6.50. The lowest BCUT2D eigenvalue weighted by Crippen LogP contribution is -2.29. The molecule has 1 rings (SSSR count). The van der Waals surface area contributed by atoms with Crippen LogP contribution in [0.25, 0.3) is 0 Å². The molecule has 0 fully saturated rings. The van der Waals surface area contributed by atoms with Gasteiger partial charge in [0.1, 0.15) is 6.10 Å². The first-order valence-electron chi connectivity index (χ1n) is 8.96. The maximum absolute atomic E-state index is 11.9. The molecule has 4 atom stereocenters. The van der Waals surface area contributed by atoms with Crippen LogP contribution in [0.4, 0.5) is 0 Å². The van der Waals surface area contributed by atoms with Gasteiger partial charge in [0.05, 0.1) is 18.3 Å². The fraction of sp³-hybridized carbons (Fsp3) is 0.833. The van der Waals surface area contributed by atoms with Gasteiger partial charge < -0.3 is 20.1 Å². The van der Waals surface area contributed by atoms with Gasteiger partial charge in [-0.1, -0.05) is 32.6 Å². The predicted molar refractivity (Wildman–Crippen MR) is 88.9 cm³/mol. The molecule has 1 heterocycles. The van der Waals surface area contributed by atoms with Crippen molar-refractivity contribution < 1.29 is 24.9 Å². The number of esters is 1. The Balaban J connectivity index is 2.63. The lowest BCUT2D eigenvalue weighted by molar-refractivity contribution is -0.143. The van der Waals surface area contributed by atoms with E-state index in [1.807, 2.05) is 0 Å². The molecule has 23 heavy (non-hydrogen) atoms. The summed E-state index contributed by atoms with van der Waals surface area (Å²) in [5, 5.41) is 29.5. The van der Waals surface area contributed by atoms with Gasteiger partial charge >= 0.3 is 5.97 Å². The van der Waals surface area contributed by atoms with Crippen LogP contribution in [-0.2, 0) is 9.53 Å². The van der Waals surface area contributed by atoms with E-state index in [1.54, 1.807) is 0 Å². The summed E-state index contributed by atoms with van der Waals surface area (Å²) in [6, 6.07) is 0. The van der Waals surface area contributed by atoms with Crippen molar-refractivity contribution in [1.82, 2.24) is 0 Å². The molecule has 0 aliphatic carbocycles. The fourth-order valence-electron chi connectivity index (χ4n) is 2.86. The van der Waals surface area contributed by atoms with Crippen molar-refractivity contribution in [3.8, 4) is 0 Å². The predicted octanol–water partition coefficient (Wildman–Crippen LogP) is 2.47. The molecule has 3 N–H and O–H groups in total. The van der Waals surface area contributed by atoms with Gasteiger partial charge in [-0.15, -0.1) is 0 Å². The molecule has 0 radical (unpaired) electrons. The summed E-state index contributed by atoms with van der Waals surface area (Å²) in [4.78, 5) is 11.9. The van der Waals surface area contributed by atoms with Crippen LogP contribution in [0.15, 0.2) is 12.2 Å². The molecule has 0 aromatic carbocycles. The van der Waals surface area contributed by atoms with Crippen LogP contribution < -0.4 is 0 Å². The van der Waals surface area contributed by atoms with Gasteiger partial charge in [-0.2, -0.15) is 0 Å². The summed E-state index contributed by atoms with van der Waals surface area (Å²) in [5.41, 5.74) is 0. The summed E-state index contributed by atoms with van der Waals surface area (Å²) >= 11 is 0. The summed E-state index contributed by atoms with van der Waals surface area (Å²) in [6.45, 7) is 2.14. The fourth-order valence-corrected chi connectivity index (χ4v) is 2.86. The van der Waals surface area contributed by atoms with Crippen molar-refractivity contribution in [2.45, 2.75) is 95.5 Å². The second-order valence-corrected chi connectivity index (χ2v) is 6.50. The number of ether oxygens (including phenoxy) is 1. The second kappa shape index (κ2) is 11.6. The highest BCUT2D eigenvalue weighted by Crippen LogP contribution is 2.18. The molecule has 0 spiro atoms. The quantitative estimate of drug-likeness (QED) is 0.545. The molecule has 0 bridgehead atoms. The van der Waals surface area contributed by atoms with Gasteiger partial charge in [-0.25, -0.2) is 4.79 Å². The number of hydrogen-bond acceptors (Lipinski definition) is 5. The van der Waals surface area contributed by atoms with Crippen molar-refractivity contribution >= 4 is 5.97 Å². The molecule has 0 saturated heterocycles. The van der Waals surface area contributed by atoms with E-state index < -0.39 is 24.3 Å². The number of carbonyl (C=O) groups excluding carboxylic acids is 1. The van der Waals surface area contributed by atoms with Gasteiger partial charge in [0.2, 0.25) is 0 Å². The first kappa shape index (κ1) is 20.1. The molecule has 134 valence electrons. The average molecular weight is 328 g/mol. The average Bonchev–Trinajstić information content (AvgIpc) is 2.51.